The molecule has 0 fully saturated rings. The molecule has 138 valence electrons. The fourth-order valence-electron chi connectivity index (χ4n) is 2.11. The minimum atomic E-state index is -3.90. The van der Waals surface area contributed by atoms with Crippen LogP contribution in [0, 0.1) is 10.1 Å². The molecule has 1 aromatic heterocycles. The van der Waals surface area contributed by atoms with Crippen LogP contribution >= 0.6 is 27.3 Å². The molecule has 3 aromatic rings. The number of hydrogen-bond acceptors (Lipinski definition) is 7. The first-order valence-corrected chi connectivity index (χ1v) is 10.4. The Kier molecular flexibility index (Phi) is 5.35. The van der Waals surface area contributed by atoms with Crippen LogP contribution in [0.15, 0.2) is 68.3 Å². The molecule has 0 saturated heterocycles. The molecule has 0 atom stereocenters. The van der Waals surface area contributed by atoms with E-state index in [4.69, 9.17) is 0 Å². The number of amides is 1. The van der Waals surface area contributed by atoms with Gasteiger partial charge in [0.25, 0.3) is 11.6 Å². The average Bonchev–Trinajstić information content (AvgIpc) is 3.11. The van der Waals surface area contributed by atoms with Gasteiger partial charge in [0.05, 0.1) is 21.6 Å². The van der Waals surface area contributed by atoms with Crippen LogP contribution < -0.4 is 5.32 Å². The van der Waals surface area contributed by atoms with Crippen LogP contribution in [0.3, 0.4) is 0 Å². The normalized spacial score (nSPS) is 11.1. The summed E-state index contributed by atoms with van der Waals surface area (Å²) in [5.41, 5.74) is 0.173. The van der Waals surface area contributed by atoms with Gasteiger partial charge in [0.15, 0.2) is 5.13 Å². The maximum absolute atomic E-state index is 12.6. The predicted molar refractivity (Wildman–Crippen MR) is 103 cm³/mol. The number of hydrogen-bond donors (Lipinski definition) is 1. The molecule has 2 aromatic carbocycles. The number of anilines is 1. The summed E-state index contributed by atoms with van der Waals surface area (Å²) in [7, 11) is -3.90. The molecule has 1 amide bonds. The highest BCUT2D eigenvalue weighted by molar-refractivity contribution is 9.10. The maximum atomic E-state index is 12.6. The Bertz CT molecular complexity index is 1130. The van der Waals surface area contributed by atoms with Gasteiger partial charge in [0, 0.05) is 16.6 Å². The van der Waals surface area contributed by atoms with Crippen LogP contribution in [0.5, 0.6) is 0 Å². The van der Waals surface area contributed by atoms with Gasteiger partial charge in [-0.2, -0.15) is 0 Å². The van der Waals surface area contributed by atoms with Crippen molar-refractivity contribution in [1.29, 1.82) is 0 Å². The number of nitrogens with zero attached hydrogens (tertiary/aromatic N) is 2. The van der Waals surface area contributed by atoms with Crippen LogP contribution in [0.2, 0.25) is 0 Å². The van der Waals surface area contributed by atoms with Crippen LogP contribution in [0.25, 0.3) is 0 Å². The molecule has 0 saturated carbocycles. The number of rotatable bonds is 5. The van der Waals surface area contributed by atoms with Gasteiger partial charge < -0.3 is 0 Å². The smallest absolute Gasteiger partial charge is 0.269 e. The van der Waals surface area contributed by atoms with Crippen molar-refractivity contribution in [2.75, 3.05) is 5.32 Å². The molecular formula is C16H10BrN3O5S2. The van der Waals surface area contributed by atoms with Crippen molar-refractivity contribution in [3.63, 3.8) is 0 Å². The zero-order valence-corrected chi connectivity index (χ0v) is 16.5. The van der Waals surface area contributed by atoms with Crippen molar-refractivity contribution in [2.24, 2.45) is 0 Å². The molecule has 11 heteroatoms. The molecule has 0 radical (unpaired) electrons. The molecular weight excluding hydrogens is 458 g/mol. The summed E-state index contributed by atoms with van der Waals surface area (Å²) in [5, 5.41) is 13.4. The van der Waals surface area contributed by atoms with Crippen molar-refractivity contribution in [3.8, 4) is 0 Å². The number of nitrogens with one attached hydrogen (secondary N) is 1. The van der Waals surface area contributed by atoms with E-state index < -0.39 is 20.7 Å². The number of carbonyl (C=O) groups is 1. The van der Waals surface area contributed by atoms with E-state index >= 15 is 0 Å². The Morgan fingerprint density at radius 1 is 1.15 bits per heavy atom. The lowest BCUT2D eigenvalue weighted by Gasteiger charge is -2.03. The Morgan fingerprint density at radius 3 is 2.44 bits per heavy atom. The topological polar surface area (TPSA) is 119 Å². The number of nitro groups is 1. The molecule has 0 aliphatic heterocycles. The summed E-state index contributed by atoms with van der Waals surface area (Å²) in [4.78, 5) is 26.2. The second kappa shape index (κ2) is 7.55. The number of sulfone groups is 1. The van der Waals surface area contributed by atoms with Gasteiger partial charge in [-0.15, -0.1) is 0 Å². The molecule has 3 rings (SSSR count). The number of aromatic nitrogens is 1. The maximum Gasteiger partial charge on any atom is 0.269 e. The summed E-state index contributed by atoms with van der Waals surface area (Å²) in [6, 6.07) is 11.3. The van der Waals surface area contributed by atoms with Crippen LogP contribution in [0.1, 0.15) is 10.4 Å². The molecule has 0 unspecified atom stereocenters. The van der Waals surface area contributed by atoms with E-state index in [1.54, 1.807) is 24.3 Å². The van der Waals surface area contributed by atoms with Crippen LogP contribution in [0.4, 0.5) is 10.8 Å². The van der Waals surface area contributed by atoms with Crippen molar-refractivity contribution in [2.45, 2.75) is 9.10 Å². The van der Waals surface area contributed by atoms with Gasteiger partial charge in [0.1, 0.15) is 4.21 Å². The molecule has 8 nitrogen and oxygen atoms in total. The van der Waals surface area contributed by atoms with E-state index in [9.17, 15) is 23.3 Å². The van der Waals surface area contributed by atoms with Crippen LogP contribution in [-0.2, 0) is 9.84 Å². The van der Waals surface area contributed by atoms with Gasteiger partial charge >= 0.3 is 0 Å². The minimum absolute atomic E-state index is 0.0845. The molecule has 1 heterocycles. The third-order valence-corrected chi connectivity index (χ3v) is 7.28. The first-order valence-electron chi connectivity index (χ1n) is 7.30. The zero-order chi connectivity index (χ0) is 19.6. The van der Waals surface area contributed by atoms with Gasteiger partial charge in [-0.3, -0.25) is 20.2 Å². The first-order chi connectivity index (χ1) is 12.8. The Morgan fingerprint density at radius 2 is 1.81 bits per heavy atom. The van der Waals surface area contributed by atoms with Gasteiger partial charge in [-0.25, -0.2) is 13.4 Å². The van der Waals surface area contributed by atoms with Gasteiger partial charge in [-0.1, -0.05) is 23.5 Å². The molecule has 0 spiro atoms. The summed E-state index contributed by atoms with van der Waals surface area (Å²) < 4.78 is 25.7. The Balaban J connectivity index is 1.83. The summed E-state index contributed by atoms with van der Waals surface area (Å²) in [6.07, 6.45) is 1.14. The average molecular weight is 468 g/mol. The summed E-state index contributed by atoms with van der Waals surface area (Å²) in [5.74, 6) is -0.434. The van der Waals surface area contributed by atoms with E-state index in [1.807, 2.05) is 0 Å². The largest absolute Gasteiger partial charge is 0.298 e. The number of halogens is 1. The molecule has 27 heavy (non-hydrogen) atoms. The third kappa shape index (κ3) is 4.04. The van der Waals surface area contributed by atoms with Gasteiger partial charge in [-0.05, 0) is 40.2 Å². The van der Waals surface area contributed by atoms with E-state index in [0.29, 0.717) is 10.0 Å². The van der Waals surface area contributed by atoms with Crippen molar-refractivity contribution in [3.05, 3.63) is 74.9 Å². The highest BCUT2D eigenvalue weighted by Gasteiger charge is 2.22. The van der Waals surface area contributed by atoms with E-state index in [2.05, 4.69) is 26.2 Å². The van der Waals surface area contributed by atoms with E-state index in [-0.39, 0.29) is 19.9 Å². The van der Waals surface area contributed by atoms with Crippen LogP contribution in [-0.4, -0.2) is 24.2 Å². The Hall–Kier alpha value is -2.63. The lowest BCUT2D eigenvalue weighted by atomic mass is 10.2. The van der Waals surface area contributed by atoms with Crippen molar-refractivity contribution >= 4 is 53.8 Å². The lowest BCUT2D eigenvalue weighted by Crippen LogP contribution is -2.12. The fourth-order valence-corrected chi connectivity index (χ4v) is 5.01. The number of carbonyl (C=O) groups excluding carboxylic acids is 1. The highest BCUT2D eigenvalue weighted by atomic mass is 79.9. The monoisotopic (exact) mass is 467 g/mol. The number of thiazole rings is 1. The SMILES string of the molecule is O=C(Nc1ncc(S(=O)(=O)c2ccc([N+](=O)[O-])cc2)s1)c1ccccc1Br. The predicted octanol–water partition coefficient (Wildman–Crippen LogP) is 3.90. The first kappa shape index (κ1) is 19.1. The quantitative estimate of drug-likeness (QED) is 0.448. The number of non-ortho nitro benzene ring substituents is 1. The molecule has 0 aliphatic rings. The summed E-state index contributed by atoms with van der Waals surface area (Å²) in [6.45, 7) is 0. The molecule has 0 bridgehead atoms. The second-order valence-electron chi connectivity index (χ2n) is 5.17. The van der Waals surface area contributed by atoms with Crippen molar-refractivity contribution < 1.29 is 18.1 Å². The summed E-state index contributed by atoms with van der Waals surface area (Å²) >= 11 is 4.07. The van der Waals surface area contributed by atoms with Crippen molar-refractivity contribution in [1.82, 2.24) is 4.98 Å². The molecule has 1 N–H and O–H groups in total. The Labute approximate surface area is 166 Å². The minimum Gasteiger partial charge on any atom is -0.298 e. The van der Waals surface area contributed by atoms with E-state index in [0.717, 1.165) is 41.8 Å². The van der Waals surface area contributed by atoms with E-state index in [1.165, 1.54) is 0 Å². The number of nitro benzene ring substituents is 1. The fraction of sp³-hybridized carbons (Fsp3) is 0. The zero-order valence-electron chi connectivity index (χ0n) is 13.3. The van der Waals surface area contributed by atoms with Gasteiger partial charge in [0.2, 0.25) is 9.84 Å². The third-order valence-electron chi connectivity index (χ3n) is 3.45. The number of benzene rings is 2. The second-order valence-corrected chi connectivity index (χ2v) is 9.23. The standard InChI is InChI=1S/C16H10BrN3O5S2/c17-13-4-2-1-3-12(13)15(21)19-16-18-9-14(26-16)27(24,25)11-7-5-10(6-8-11)20(22)23/h1-9H,(H,18,19,21). The highest BCUT2D eigenvalue weighted by Crippen LogP contribution is 2.30. The molecule has 0 aliphatic carbocycles. The lowest BCUT2D eigenvalue weighted by molar-refractivity contribution is -0.384.